The number of sulfone groups is 1. The van der Waals surface area contributed by atoms with E-state index in [-0.39, 0.29) is 4.90 Å². The second-order valence-corrected chi connectivity index (χ2v) is 10.0. The Morgan fingerprint density at radius 3 is 2.63 bits per heavy atom. The molecular weight excluding hydrogens is 396 g/mol. The number of ether oxygens (including phenoxy) is 1. The number of pyridine rings is 1. The van der Waals surface area contributed by atoms with Crippen molar-refractivity contribution in [3.63, 3.8) is 0 Å². The fourth-order valence-corrected chi connectivity index (χ4v) is 5.59. The summed E-state index contributed by atoms with van der Waals surface area (Å²) >= 11 is 0. The largest absolute Gasteiger partial charge is 0.494 e. The van der Waals surface area contributed by atoms with E-state index in [1.807, 2.05) is 44.2 Å². The number of hydrogen-bond acceptors (Lipinski definition) is 5. The number of fused-ring (bicyclic) bond motifs is 1. The molecule has 3 aromatic rings. The molecule has 2 aromatic carbocycles. The number of aryl methyl sites for hydroxylation is 1. The van der Waals surface area contributed by atoms with Crippen molar-refractivity contribution in [3.8, 4) is 5.75 Å². The molecule has 1 atom stereocenters. The molecule has 5 nitrogen and oxygen atoms in total. The lowest BCUT2D eigenvalue weighted by molar-refractivity contribution is 0.340. The van der Waals surface area contributed by atoms with Gasteiger partial charge in [0.05, 0.1) is 22.7 Å². The monoisotopic (exact) mass is 424 g/mol. The molecule has 0 N–H and O–H groups in total. The number of benzene rings is 2. The van der Waals surface area contributed by atoms with Gasteiger partial charge in [-0.15, -0.1) is 0 Å². The fourth-order valence-electron chi connectivity index (χ4n) is 4.16. The molecule has 4 rings (SSSR count). The van der Waals surface area contributed by atoms with E-state index >= 15 is 0 Å². The third kappa shape index (κ3) is 3.88. The van der Waals surface area contributed by atoms with Gasteiger partial charge in [-0.3, -0.25) is 4.98 Å². The summed E-state index contributed by atoms with van der Waals surface area (Å²) in [5.41, 5.74) is 2.54. The van der Waals surface area contributed by atoms with Gasteiger partial charge in [0.2, 0.25) is 9.84 Å². The predicted molar refractivity (Wildman–Crippen MR) is 120 cm³/mol. The van der Waals surface area contributed by atoms with Crippen LogP contribution in [0.3, 0.4) is 0 Å². The van der Waals surface area contributed by atoms with Crippen molar-refractivity contribution in [1.29, 1.82) is 0 Å². The van der Waals surface area contributed by atoms with Crippen LogP contribution in [0.5, 0.6) is 5.75 Å². The van der Waals surface area contributed by atoms with Crippen LogP contribution in [0.4, 0.5) is 5.69 Å². The van der Waals surface area contributed by atoms with Gasteiger partial charge < -0.3 is 9.64 Å². The molecule has 0 radical (unpaired) electrons. The van der Waals surface area contributed by atoms with Gasteiger partial charge in [0.1, 0.15) is 10.6 Å². The number of nitrogens with zero attached hydrogens (tertiary/aromatic N) is 2. The summed E-state index contributed by atoms with van der Waals surface area (Å²) < 4.78 is 33.0. The first-order valence-corrected chi connectivity index (χ1v) is 12.0. The summed E-state index contributed by atoms with van der Waals surface area (Å²) in [6.45, 7) is 8.32. The lowest BCUT2D eigenvalue weighted by Crippen LogP contribution is -2.35. The lowest BCUT2D eigenvalue weighted by atomic mass is 9.99. The van der Waals surface area contributed by atoms with Gasteiger partial charge in [0, 0.05) is 24.7 Å². The Morgan fingerprint density at radius 2 is 1.93 bits per heavy atom. The Balaban J connectivity index is 1.96. The van der Waals surface area contributed by atoms with Crippen LogP contribution in [0.25, 0.3) is 10.9 Å². The number of piperidine rings is 1. The van der Waals surface area contributed by atoms with Gasteiger partial charge in [-0.25, -0.2) is 8.42 Å². The van der Waals surface area contributed by atoms with E-state index in [0.717, 1.165) is 53.8 Å². The van der Waals surface area contributed by atoms with Gasteiger partial charge in [-0.05, 0) is 62.9 Å². The first-order valence-electron chi connectivity index (χ1n) is 10.5. The van der Waals surface area contributed by atoms with Crippen LogP contribution < -0.4 is 9.64 Å². The van der Waals surface area contributed by atoms with E-state index in [4.69, 9.17) is 4.74 Å². The van der Waals surface area contributed by atoms with E-state index in [0.29, 0.717) is 17.4 Å². The molecule has 0 bridgehead atoms. The molecule has 1 aromatic heterocycles. The number of hydrogen-bond donors (Lipinski definition) is 0. The molecule has 1 aliphatic rings. The Hall–Kier alpha value is -2.60. The van der Waals surface area contributed by atoms with Crippen LogP contribution in [0.1, 0.15) is 32.3 Å². The first-order chi connectivity index (χ1) is 14.4. The van der Waals surface area contributed by atoms with Crippen molar-refractivity contribution in [2.75, 3.05) is 24.6 Å². The highest BCUT2D eigenvalue weighted by atomic mass is 32.2. The molecule has 30 heavy (non-hydrogen) atoms. The van der Waals surface area contributed by atoms with Crippen LogP contribution in [-0.2, 0) is 9.84 Å². The fraction of sp³-hybridized carbons (Fsp3) is 0.375. The molecule has 1 unspecified atom stereocenters. The van der Waals surface area contributed by atoms with Crippen LogP contribution in [0.15, 0.2) is 58.5 Å². The smallest absolute Gasteiger partial charge is 0.210 e. The Bertz CT molecular complexity index is 1160. The first kappa shape index (κ1) is 20.7. The zero-order valence-corrected chi connectivity index (χ0v) is 18.6. The van der Waals surface area contributed by atoms with Crippen LogP contribution in [-0.4, -0.2) is 33.1 Å². The highest BCUT2D eigenvalue weighted by Crippen LogP contribution is 2.39. The van der Waals surface area contributed by atoms with Crippen LogP contribution >= 0.6 is 0 Å². The standard InChI is InChI=1S/C24H28N2O3S/c1-4-29-19-9-12-22-21(14-19)24(26-13-5-6-18(3)16-26)23(15-25-22)30(27,28)20-10-7-17(2)8-11-20/h7-12,14-15,18H,4-6,13,16H2,1-3H3. The Morgan fingerprint density at radius 1 is 1.17 bits per heavy atom. The summed E-state index contributed by atoms with van der Waals surface area (Å²) in [4.78, 5) is 7.28. The van der Waals surface area contributed by atoms with Gasteiger partial charge in [0.15, 0.2) is 0 Å². The average molecular weight is 425 g/mol. The van der Waals surface area contributed by atoms with E-state index in [1.54, 1.807) is 12.1 Å². The van der Waals surface area contributed by atoms with E-state index in [2.05, 4.69) is 16.8 Å². The minimum Gasteiger partial charge on any atom is -0.494 e. The SMILES string of the molecule is CCOc1ccc2ncc(S(=O)(=O)c3ccc(C)cc3)c(N3CCCC(C)C3)c2c1. The quantitative estimate of drug-likeness (QED) is 0.576. The predicted octanol–water partition coefficient (Wildman–Crippen LogP) is 5.01. The van der Waals surface area contributed by atoms with Crippen LogP contribution in [0, 0.1) is 12.8 Å². The highest BCUT2D eigenvalue weighted by Gasteiger charge is 2.29. The zero-order chi connectivity index (χ0) is 21.3. The molecule has 1 saturated heterocycles. The maximum absolute atomic E-state index is 13.6. The van der Waals surface area contributed by atoms with E-state index in [1.165, 1.54) is 6.20 Å². The molecule has 6 heteroatoms. The number of aromatic nitrogens is 1. The van der Waals surface area contributed by atoms with Crippen molar-refractivity contribution < 1.29 is 13.2 Å². The van der Waals surface area contributed by atoms with Crippen molar-refractivity contribution in [2.45, 2.75) is 43.4 Å². The lowest BCUT2D eigenvalue weighted by Gasteiger charge is -2.34. The van der Waals surface area contributed by atoms with Crippen LogP contribution in [0.2, 0.25) is 0 Å². The summed E-state index contributed by atoms with van der Waals surface area (Å²) in [6, 6.07) is 12.7. The molecular formula is C24H28N2O3S. The molecule has 0 spiro atoms. The normalized spacial score (nSPS) is 17.3. The van der Waals surface area contributed by atoms with Gasteiger partial charge in [0.25, 0.3) is 0 Å². The summed E-state index contributed by atoms with van der Waals surface area (Å²) in [5, 5.41) is 0.822. The van der Waals surface area contributed by atoms with Crippen molar-refractivity contribution in [3.05, 3.63) is 54.2 Å². The van der Waals surface area contributed by atoms with E-state index in [9.17, 15) is 8.42 Å². The van der Waals surface area contributed by atoms with Crippen molar-refractivity contribution >= 4 is 26.4 Å². The summed E-state index contributed by atoms with van der Waals surface area (Å²) in [6.07, 6.45) is 3.72. The molecule has 1 aliphatic heterocycles. The topological polar surface area (TPSA) is 59.5 Å². The number of anilines is 1. The molecule has 1 fully saturated rings. The second kappa shape index (κ2) is 8.26. The second-order valence-electron chi connectivity index (χ2n) is 8.09. The summed E-state index contributed by atoms with van der Waals surface area (Å²) in [5.74, 6) is 1.23. The number of rotatable bonds is 5. The summed E-state index contributed by atoms with van der Waals surface area (Å²) in [7, 11) is -3.71. The van der Waals surface area contributed by atoms with Gasteiger partial charge >= 0.3 is 0 Å². The Labute approximate surface area is 178 Å². The van der Waals surface area contributed by atoms with Gasteiger partial charge in [-0.1, -0.05) is 24.6 Å². The third-order valence-corrected chi connectivity index (χ3v) is 7.45. The molecule has 0 amide bonds. The molecule has 0 saturated carbocycles. The third-order valence-electron chi connectivity index (χ3n) is 5.68. The van der Waals surface area contributed by atoms with E-state index < -0.39 is 9.84 Å². The average Bonchev–Trinajstić information content (AvgIpc) is 2.73. The van der Waals surface area contributed by atoms with Gasteiger partial charge in [-0.2, -0.15) is 0 Å². The van der Waals surface area contributed by atoms with Crippen molar-refractivity contribution in [1.82, 2.24) is 4.98 Å². The minimum atomic E-state index is -3.71. The molecule has 0 aliphatic carbocycles. The maximum atomic E-state index is 13.6. The maximum Gasteiger partial charge on any atom is 0.210 e. The zero-order valence-electron chi connectivity index (χ0n) is 17.8. The molecule has 158 valence electrons. The Kier molecular flexibility index (Phi) is 5.69. The highest BCUT2D eigenvalue weighted by molar-refractivity contribution is 7.91. The minimum absolute atomic E-state index is 0.265. The molecule has 2 heterocycles. The van der Waals surface area contributed by atoms with Crippen molar-refractivity contribution in [2.24, 2.45) is 5.92 Å².